The van der Waals surface area contributed by atoms with E-state index in [1.165, 1.54) is 0 Å². The van der Waals surface area contributed by atoms with E-state index in [1.54, 1.807) is 0 Å². The van der Waals surface area contributed by atoms with Crippen molar-refractivity contribution in [2.75, 3.05) is 46.4 Å². The molecule has 0 aliphatic carbocycles. The number of piperazine rings is 1. The van der Waals surface area contributed by atoms with Crippen molar-refractivity contribution in [3.05, 3.63) is 28.2 Å². The Hall–Kier alpha value is -0.760. The van der Waals surface area contributed by atoms with Crippen LogP contribution in [0.5, 0.6) is 5.75 Å². The number of benzene rings is 1. The highest BCUT2D eigenvalue weighted by Crippen LogP contribution is 2.25. The molecular formula is C14H19BrF2N2O2. The topological polar surface area (TPSA) is 35.9 Å². The molecule has 4 nitrogen and oxygen atoms in total. The van der Waals surface area contributed by atoms with Gasteiger partial charge in [0.05, 0.1) is 0 Å². The first kappa shape index (κ1) is 16.6. The van der Waals surface area contributed by atoms with Crippen LogP contribution in [0.15, 0.2) is 16.6 Å². The van der Waals surface area contributed by atoms with E-state index in [9.17, 15) is 13.9 Å². The molecule has 1 N–H and O–H groups in total. The number of hydrogen-bond donors (Lipinski definition) is 1. The molecule has 1 aromatic rings. The van der Waals surface area contributed by atoms with E-state index in [0.717, 1.165) is 38.3 Å². The summed E-state index contributed by atoms with van der Waals surface area (Å²) in [4.78, 5) is 4.33. The molecule has 1 saturated heterocycles. The van der Waals surface area contributed by atoms with Crippen LogP contribution in [-0.2, 0) is 0 Å². The highest BCUT2D eigenvalue weighted by molar-refractivity contribution is 9.10. The van der Waals surface area contributed by atoms with Crippen LogP contribution in [0, 0.1) is 11.6 Å². The van der Waals surface area contributed by atoms with E-state index in [2.05, 4.69) is 32.8 Å². The second-order valence-electron chi connectivity index (χ2n) is 5.27. The molecule has 1 atom stereocenters. The molecule has 1 fully saturated rings. The number of hydrogen-bond acceptors (Lipinski definition) is 4. The van der Waals surface area contributed by atoms with Crippen molar-refractivity contribution in [1.29, 1.82) is 0 Å². The molecule has 0 aromatic heterocycles. The van der Waals surface area contributed by atoms with Crippen LogP contribution >= 0.6 is 15.9 Å². The van der Waals surface area contributed by atoms with Gasteiger partial charge in [0.25, 0.3) is 0 Å². The number of aliphatic hydroxyl groups is 1. The monoisotopic (exact) mass is 364 g/mol. The highest BCUT2D eigenvalue weighted by atomic mass is 79.9. The summed E-state index contributed by atoms with van der Waals surface area (Å²) in [6, 6.07) is 2.26. The van der Waals surface area contributed by atoms with Gasteiger partial charge in [0.15, 0.2) is 17.4 Å². The van der Waals surface area contributed by atoms with Gasteiger partial charge in [-0.1, -0.05) is 15.9 Å². The third kappa shape index (κ3) is 4.88. The number of likely N-dealkylation sites (N-methyl/N-ethyl adjacent to an activating group) is 1. The predicted octanol–water partition coefficient (Wildman–Crippen LogP) is 1.71. The summed E-state index contributed by atoms with van der Waals surface area (Å²) < 4.78 is 32.5. The molecule has 7 heteroatoms. The molecule has 1 heterocycles. The van der Waals surface area contributed by atoms with Crippen LogP contribution in [0.25, 0.3) is 0 Å². The van der Waals surface area contributed by atoms with Gasteiger partial charge >= 0.3 is 0 Å². The molecule has 0 amide bonds. The van der Waals surface area contributed by atoms with Crippen LogP contribution in [0.3, 0.4) is 0 Å². The van der Waals surface area contributed by atoms with Crippen molar-refractivity contribution in [2.45, 2.75) is 6.10 Å². The van der Waals surface area contributed by atoms with Gasteiger partial charge in [-0.25, -0.2) is 8.78 Å². The normalized spacial score (nSPS) is 18.7. The summed E-state index contributed by atoms with van der Waals surface area (Å²) >= 11 is 3.00. The molecule has 0 bridgehead atoms. The van der Waals surface area contributed by atoms with Crippen LogP contribution in [0.2, 0.25) is 0 Å². The minimum Gasteiger partial charge on any atom is -0.485 e. The summed E-state index contributed by atoms with van der Waals surface area (Å²) in [6.07, 6.45) is -0.782. The van der Waals surface area contributed by atoms with E-state index in [0.29, 0.717) is 11.0 Å². The van der Waals surface area contributed by atoms with Crippen LogP contribution in [-0.4, -0.2) is 67.4 Å². The zero-order chi connectivity index (χ0) is 15.4. The molecule has 1 aliphatic rings. The minimum atomic E-state index is -0.784. The molecule has 1 aliphatic heterocycles. The summed E-state index contributed by atoms with van der Waals surface area (Å²) in [5.41, 5.74) is 0. The van der Waals surface area contributed by atoms with E-state index in [4.69, 9.17) is 4.74 Å². The lowest BCUT2D eigenvalue weighted by Gasteiger charge is -2.33. The Morgan fingerprint density at radius 3 is 2.38 bits per heavy atom. The van der Waals surface area contributed by atoms with Gasteiger partial charge in [0.1, 0.15) is 12.7 Å². The first-order valence-corrected chi connectivity index (χ1v) is 7.61. The Labute approximate surface area is 131 Å². The second-order valence-corrected chi connectivity index (χ2v) is 6.18. The maximum absolute atomic E-state index is 13.6. The van der Waals surface area contributed by atoms with Gasteiger partial charge in [0, 0.05) is 37.2 Å². The fourth-order valence-electron chi connectivity index (χ4n) is 2.23. The van der Waals surface area contributed by atoms with Gasteiger partial charge in [-0.05, 0) is 19.2 Å². The number of rotatable bonds is 5. The van der Waals surface area contributed by atoms with Gasteiger partial charge in [0.2, 0.25) is 0 Å². The predicted molar refractivity (Wildman–Crippen MR) is 79.5 cm³/mol. The number of aliphatic hydroxyl groups excluding tert-OH is 1. The molecule has 21 heavy (non-hydrogen) atoms. The Kier molecular flexibility index (Phi) is 5.92. The molecule has 0 saturated carbocycles. The average molecular weight is 365 g/mol. The lowest BCUT2D eigenvalue weighted by Crippen LogP contribution is -2.47. The zero-order valence-corrected chi connectivity index (χ0v) is 13.4. The number of ether oxygens (including phenoxy) is 1. The van der Waals surface area contributed by atoms with E-state index in [1.807, 2.05) is 0 Å². The molecule has 118 valence electrons. The highest BCUT2D eigenvalue weighted by Gasteiger charge is 2.19. The summed E-state index contributed by atoms with van der Waals surface area (Å²) in [5, 5.41) is 9.93. The fourth-order valence-corrected chi connectivity index (χ4v) is 2.63. The maximum atomic E-state index is 13.6. The third-order valence-electron chi connectivity index (χ3n) is 3.45. The average Bonchev–Trinajstić information content (AvgIpc) is 2.40. The van der Waals surface area contributed by atoms with Gasteiger partial charge in [-0.15, -0.1) is 0 Å². The standard InChI is InChI=1S/C14H19BrF2N2O2/c1-18-2-4-19(5-3-18)8-11(20)9-21-14-12(16)6-10(15)7-13(14)17/h6-7,11,20H,2-5,8-9H2,1H3/t11-/m1/s1. The van der Waals surface area contributed by atoms with Gasteiger partial charge in [-0.3, -0.25) is 4.90 Å². The first-order chi connectivity index (χ1) is 9.95. The van der Waals surface area contributed by atoms with E-state index >= 15 is 0 Å². The van der Waals surface area contributed by atoms with Crippen LogP contribution in [0.1, 0.15) is 0 Å². The summed E-state index contributed by atoms with van der Waals surface area (Å²) in [6.45, 7) is 3.94. The molecule has 0 radical (unpaired) electrons. The Morgan fingerprint density at radius 1 is 1.24 bits per heavy atom. The van der Waals surface area contributed by atoms with Crippen molar-refractivity contribution in [3.8, 4) is 5.75 Å². The molecular weight excluding hydrogens is 346 g/mol. The zero-order valence-electron chi connectivity index (χ0n) is 11.9. The quantitative estimate of drug-likeness (QED) is 0.862. The van der Waals surface area contributed by atoms with E-state index < -0.39 is 23.5 Å². The largest absolute Gasteiger partial charge is 0.485 e. The summed E-state index contributed by atoms with van der Waals surface area (Å²) in [5.74, 6) is -2.02. The fraction of sp³-hybridized carbons (Fsp3) is 0.571. The molecule has 2 rings (SSSR count). The first-order valence-electron chi connectivity index (χ1n) is 6.82. The molecule has 0 spiro atoms. The lowest BCUT2D eigenvalue weighted by molar-refractivity contribution is 0.0483. The molecule has 1 aromatic carbocycles. The van der Waals surface area contributed by atoms with Crippen molar-refractivity contribution in [1.82, 2.24) is 9.80 Å². The van der Waals surface area contributed by atoms with Crippen molar-refractivity contribution in [3.63, 3.8) is 0 Å². The smallest absolute Gasteiger partial charge is 0.190 e. The molecule has 0 unspecified atom stereocenters. The van der Waals surface area contributed by atoms with Crippen LogP contribution in [0.4, 0.5) is 8.78 Å². The van der Waals surface area contributed by atoms with Gasteiger partial charge in [-0.2, -0.15) is 0 Å². The van der Waals surface area contributed by atoms with Crippen molar-refractivity contribution in [2.24, 2.45) is 0 Å². The number of halogens is 3. The van der Waals surface area contributed by atoms with Crippen molar-refractivity contribution >= 4 is 15.9 Å². The van der Waals surface area contributed by atoms with Crippen LogP contribution < -0.4 is 4.74 Å². The second kappa shape index (κ2) is 7.49. The minimum absolute atomic E-state index is 0.137. The number of nitrogens with zero attached hydrogens (tertiary/aromatic N) is 2. The maximum Gasteiger partial charge on any atom is 0.190 e. The SMILES string of the molecule is CN1CCN(C[C@@H](O)COc2c(F)cc(Br)cc2F)CC1. The van der Waals surface area contributed by atoms with E-state index in [-0.39, 0.29) is 6.61 Å². The lowest BCUT2D eigenvalue weighted by atomic mass is 10.2. The Morgan fingerprint density at radius 2 is 1.81 bits per heavy atom. The third-order valence-corrected chi connectivity index (χ3v) is 3.91. The van der Waals surface area contributed by atoms with Crippen molar-refractivity contribution < 1.29 is 18.6 Å². The number of β-amino-alcohol motifs (C(OH)–C–C–N with tert-alkyl or cyclic N) is 1. The van der Waals surface area contributed by atoms with Gasteiger partial charge < -0.3 is 14.7 Å². The Bertz CT molecular complexity index is 459. The Balaban J connectivity index is 1.83. The summed E-state index contributed by atoms with van der Waals surface area (Å²) in [7, 11) is 2.05.